The molecule has 0 radical (unpaired) electrons. The molecule has 2 N–H and O–H groups in total. The summed E-state index contributed by atoms with van der Waals surface area (Å²) in [5.41, 5.74) is 2.64. The zero-order valence-electron chi connectivity index (χ0n) is 16.5. The minimum atomic E-state index is -1.02. The SMILES string of the molecule is O=C(O)c1cc(N2CCN(c3ccccc3)CC2)ccc1NC(=O)C1CCCC1. The molecule has 0 unspecified atom stereocenters. The van der Waals surface area contributed by atoms with E-state index in [9.17, 15) is 14.7 Å². The molecule has 29 heavy (non-hydrogen) atoms. The van der Waals surface area contributed by atoms with Gasteiger partial charge < -0.3 is 20.2 Å². The number of anilines is 3. The Morgan fingerprint density at radius 2 is 1.48 bits per heavy atom. The first-order valence-corrected chi connectivity index (χ1v) is 10.3. The quantitative estimate of drug-likeness (QED) is 0.807. The molecule has 1 aliphatic carbocycles. The molecule has 1 amide bonds. The van der Waals surface area contributed by atoms with E-state index in [2.05, 4.69) is 27.2 Å². The van der Waals surface area contributed by atoms with Crippen LogP contribution in [0, 0.1) is 5.92 Å². The van der Waals surface area contributed by atoms with Gasteiger partial charge in [0, 0.05) is 43.5 Å². The van der Waals surface area contributed by atoms with Crippen molar-refractivity contribution in [2.45, 2.75) is 25.7 Å². The van der Waals surface area contributed by atoms with Crippen molar-refractivity contribution in [3.8, 4) is 0 Å². The third-order valence-corrected chi connectivity index (χ3v) is 5.98. The van der Waals surface area contributed by atoms with Crippen molar-refractivity contribution in [3.63, 3.8) is 0 Å². The Hall–Kier alpha value is -3.02. The minimum Gasteiger partial charge on any atom is -0.478 e. The second-order valence-electron chi connectivity index (χ2n) is 7.82. The number of aromatic carboxylic acids is 1. The number of nitrogens with zero attached hydrogens (tertiary/aromatic N) is 2. The molecule has 6 nitrogen and oxygen atoms in total. The second kappa shape index (κ2) is 8.55. The van der Waals surface area contributed by atoms with Crippen LogP contribution in [0.2, 0.25) is 0 Å². The highest BCUT2D eigenvalue weighted by Crippen LogP contribution is 2.29. The van der Waals surface area contributed by atoms with Crippen molar-refractivity contribution < 1.29 is 14.7 Å². The summed E-state index contributed by atoms with van der Waals surface area (Å²) in [6, 6.07) is 15.6. The van der Waals surface area contributed by atoms with Crippen molar-refractivity contribution in [2.75, 3.05) is 41.3 Å². The van der Waals surface area contributed by atoms with Gasteiger partial charge in [0.1, 0.15) is 0 Å². The normalized spacial score (nSPS) is 17.4. The second-order valence-corrected chi connectivity index (χ2v) is 7.82. The van der Waals surface area contributed by atoms with Gasteiger partial charge in [-0.25, -0.2) is 4.79 Å². The standard InChI is InChI=1S/C23H27N3O3/c27-22(17-6-4-5-7-17)24-21-11-10-19(16-20(21)23(28)29)26-14-12-25(13-15-26)18-8-2-1-3-9-18/h1-3,8-11,16-17H,4-7,12-15H2,(H,24,27)(H,28,29). The molecule has 0 bridgehead atoms. The molecule has 4 rings (SSSR count). The van der Waals surface area contributed by atoms with E-state index in [0.29, 0.717) is 5.69 Å². The Labute approximate surface area is 171 Å². The number of carboxylic acid groups (broad SMARTS) is 1. The van der Waals surface area contributed by atoms with E-state index < -0.39 is 5.97 Å². The topological polar surface area (TPSA) is 72.9 Å². The van der Waals surface area contributed by atoms with Crippen LogP contribution in [0.4, 0.5) is 17.1 Å². The van der Waals surface area contributed by atoms with Crippen LogP contribution in [0.3, 0.4) is 0 Å². The average Bonchev–Trinajstić information content (AvgIpc) is 3.30. The molecule has 2 aliphatic rings. The number of hydrogen-bond donors (Lipinski definition) is 2. The van der Waals surface area contributed by atoms with Crippen LogP contribution in [0.5, 0.6) is 0 Å². The van der Waals surface area contributed by atoms with E-state index in [4.69, 9.17) is 0 Å². The maximum Gasteiger partial charge on any atom is 0.337 e. The smallest absolute Gasteiger partial charge is 0.337 e. The van der Waals surface area contributed by atoms with Crippen molar-refractivity contribution in [2.24, 2.45) is 5.92 Å². The summed E-state index contributed by atoms with van der Waals surface area (Å²) in [5.74, 6) is -1.08. The average molecular weight is 393 g/mol. The Morgan fingerprint density at radius 1 is 0.862 bits per heavy atom. The monoisotopic (exact) mass is 393 g/mol. The van der Waals surface area contributed by atoms with E-state index in [-0.39, 0.29) is 17.4 Å². The van der Waals surface area contributed by atoms with Gasteiger partial charge in [-0.3, -0.25) is 4.79 Å². The van der Waals surface area contributed by atoms with Gasteiger partial charge >= 0.3 is 5.97 Å². The number of rotatable bonds is 5. The Bertz CT molecular complexity index is 870. The molecule has 2 aromatic carbocycles. The molecule has 1 saturated carbocycles. The highest BCUT2D eigenvalue weighted by atomic mass is 16.4. The number of amides is 1. The van der Waals surface area contributed by atoms with Gasteiger partial charge in [0.05, 0.1) is 11.3 Å². The fourth-order valence-corrected chi connectivity index (χ4v) is 4.30. The van der Waals surface area contributed by atoms with Crippen molar-refractivity contribution >= 4 is 28.9 Å². The van der Waals surface area contributed by atoms with Gasteiger partial charge in [-0.1, -0.05) is 31.0 Å². The van der Waals surface area contributed by atoms with Crippen LogP contribution in [0.1, 0.15) is 36.0 Å². The van der Waals surface area contributed by atoms with Crippen LogP contribution in [-0.2, 0) is 4.79 Å². The number of carbonyl (C=O) groups excluding carboxylic acids is 1. The van der Waals surface area contributed by atoms with Gasteiger partial charge in [0.15, 0.2) is 0 Å². The van der Waals surface area contributed by atoms with Gasteiger partial charge in [0.2, 0.25) is 5.91 Å². The number of benzene rings is 2. The third-order valence-electron chi connectivity index (χ3n) is 5.98. The molecule has 1 heterocycles. The van der Waals surface area contributed by atoms with Gasteiger partial charge in [-0.2, -0.15) is 0 Å². The first kappa shape index (κ1) is 19.3. The fraction of sp³-hybridized carbons (Fsp3) is 0.391. The van der Waals surface area contributed by atoms with Crippen LogP contribution in [0.15, 0.2) is 48.5 Å². The van der Waals surface area contributed by atoms with E-state index in [1.54, 1.807) is 12.1 Å². The van der Waals surface area contributed by atoms with Crippen LogP contribution >= 0.6 is 0 Å². The van der Waals surface area contributed by atoms with Gasteiger partial charge in [0.25, 0.3) is 0 Å². The lowest BCUT2D eigenvalue weighted by Gasteiger charge is -2.37. The summed E-state index contributed by atoms with van der Waals surface area (Å²) in [5, 5.41) is 12.5. The lowest BCUT2D eigenvalue weighted by Crippen LogP contribution is -2.46. The molecule has 1 aliphatic heterocycles. The van der Waals surface area contributed by atoms with Crippen LogP contribution in [-0.4, -0.2) is 43.2 Å². The predicted molar refractivity (Wildman–Crippen MR) is 115 cm³/mol. The molecule has 0 aromatic heterocycles. The van der Waals surface area contributed by atoms with Crippen molar-refractivity contribution in [1.29, 1.82) is 0 Å². The molecule has 2 fully saturated rings. The zero-order chi connectivity index (χ0) is 20.2. The third kappa shape index (κ3) is 4.36. The first-order chi connectivity index (χ1) is 14.1. The molecule has 6 heteroatoms. The van der Waals surface area contributed by atoms with E-state index in [0.717, 1.165) is 57.5 Å². The maximum absolute atomic E-state index is 12.4. The predicted octanol–water partition coefficient (Wildman–Crippen LogP) is 3.84. The lowest BCUT2D eigenvalue weighted by atomic mass is 10.1. The highest BCUT2D eigenvalue weighted by molar-refractivity contribution is 6.02. The summed E-state index contributed by atoms with van der Waals surface area (Å²) in [6.45, 7) is 3.41. The summed E-state index contributed by atoms with van der Waals surface area (Å²) in [4.78, 5) is 28.8. The molecule has 0 spiro atoms. The summed E-state index contributed by atoms with van der Waals surface area (Å²) in [7, 11) is 0. The first-order valence-electron chi connectivity index (χ1n) is 10.3. The lowest BCUT2D eigenvalue weighted by molar-refractivity contribution is -0.119. The number of para-hydroxylation sites is 1. The van der Waals surface area contributed by atoms with E-state index in [1.165, 1.54) is 5.69 Å². The number of carbonyl (C=O) groups is 2. The fourth-order valence-electron chi connectivity index (χ4n) is 4.30. The summed E-state index contributed by atoms with van der Waals surface area (Å²) in [6.07, 6.45) is 3.91. The molecular formula is C23H27N3O3. The molecular weight excluding hydrogens is 366 g/mol. The summed E-state index contributed by atoms with van der Waals surface area (Å²) < 4.78 is 0. The van der Waals surface area contributed by atoms with Gasteiger partial charge in [-0.05, 0) is 43.2 Å². The van der Waals surface area contributed by atoms with Crippen LogP contribution in [0.25, 0.3) is 0 Å². The number of hydrogen-bond acceptors (Lipinski definition) is 4. The maximum atomic E-state index is 12.4. The number of piperazine rings is 1. The Balaban J connectivity index is 1.45. The van der Waals surface area contributed by atoms with E-state index >= 15 is 0 Å². The van der Waals surface area contributed by atoms with E-state index in [1.807, 2.05) is 24.3 Å². The van der Waals surface area contributed by atoms with Crippen molar-refractivity contribution in [3.05, 3.63) is 54.1 Å². The number of nitrogens with one attached hydrogen (secondary N) is 1. The highest BCUT2D eigenvalue weighted by Gasteiger charge is 2.25. The Morgan fingerprint density at radius 3 is 2.10 bits per heavy atom. The minimum absolute atomic E-state index is 0.00221. The van der Waals surface area contributed by atoms with Crippen molar-refractivity contribution in [1.82, 2.24) is 0 Å². The largest absolute Gasteiger partial charge is 0.478 e. The van der Waals surface area contributed by atoms with Crippen LogP contribution < -0.4 is 15.1 Å². The molecule has 152 valence electrons. The number of carboxylic acids is 1. The molecule has 2 aromatic rings. The van der Waals surface area contributed by atoms with Gasteiger partial charge in [-0.15, -0.1) is 0 Å². The Kier molecular flexibility index (Phi) is 5.69. The molecule has 0 atom stereocenters. The summed E-state index contributed by atoms with van der Waals surface area (Å²) >= 11 is 0. The molecule has 1 saturated heterocycles. The zero-order valence-corrected chi connectivity index (χ0v) is 16.5.